The van der Waals surface area contributed by atoms with Gasteiger partial charge in [-0.25, -0.2) is 4.68 Å². The summed E-state index contributed by atoms with van der Waals surface area (Å²) in [7, 11) is 0. The molecule has 0 atom stereocenters. The van der Waals surface area contributed by atoms with Crippen molar-refractivity contribution in [2.75, 3.05) is 0 Å². The first kappa shape index (κ1) is 11.2. The molecule has 0 fully saturated rings. The first-order valence-corrected chi connectivity index (χ1v) is 4.64. The van der Waals surface area contributed by atoms with Gasteiger partial charge < -0.3 is 0 Å². The predicted octanol–water partition coefficient (Wildman–Crippen LogP) is 2.76. The van der Waals surface area contributed by atoms with Crippen LogP contribution in [0, 0.1) is 11.3 Å². The molecule has 0 unspecified atom stereocenters. The Labute approximate surface area is 94.7 Å². The van der Waals surface area contributed by atoms with Crippen molar-refractivity contribution in [1.29, 1.82) is 5.26 Å². The fraction of sp³-hybridized carbons (Fsp3) is 0.0909. The molecule has 0 N–H and O–H groups in total. The Hall–Kier alpha value is -2.29. The van der Waals surface area contributed by atoms with Crippen molar-refractivity contribution >= 4 is 0 Å². The van der Waals surface area contributed by atoms with Gasteiger partial charge in [0.05, 0.1) is 23.5 Å². The van der Waals surface area contributed by atoms with Crippen LogP contribution >= 0.6 is 0 Å². The van der Waals surface area contributed by atoms with Crippen molar-refractivity contribution in [3.8, 4) is 11.8 Å². The smallest absolute Gasteiger partial charge is 0.229 e. The molecule has 2 rings (SSSR count). The van der Waals surface area contributed by atoms with Crippen molar-refractivity contribution in [1.82, 2.24) is 9.78 Å². The van der Waals surface area contributed by atoms with Crippen LogP contribution in [0.5, 0.6) is 0 Å². The zero-order valence-electron chi connectivity index (χ0n) is 8.44. The first-order valence-electron chi connectivity index (χ1n) is 4.64. The van der Waals surface area contributed by atoms with E-state index in [4.69, 9.17) is 5.26 Å². The van der Waals surface area contributed by atoms with E-state index in [0.717, 1.165) is 16.9 Å². The van der Waals surface area contributed by atoms with Gasteiger partial charge in [-0.1, -0.05) is 0 Å². The van der Waals surface area contributed by atoms with Crippen molar-refractivity contribution in [2.24, 2.45) is 0 Å². The Balaban J connectivity index is 2.47. The summed E-state index contributed by atoms with van der Waals surface area (Å²) in [5, 5.41) is 12.2. The van der Waals surface area contributed by atoms with Crippen LogP contribution in [-0.4, -0.2) is 9.78 Å². The summed E-state index contributed by atoms with van der Waals surface area (Å²) in [4.78, 5) is 0. The molecule has 0 aliphatic carbocycles. The van der Waals surface area contributed by atoms with Gasteiger partial charge in [0.15, 0.2) is 0 Å². The molecule has 0 aliphatic rings. The van der Waals surface area contributed by atoms with E-state index in [1.807, 2.05) is 6.07 Å². The monoisotopic (exact) mass is 237 g/mol. The van der Waals surface area contributed by atoms with Crippen LogP contribution in [-0.2, 0) is 6.18 Å². The van der Waals surface area contributed by atoms with Gasteiger partial charge in [-0.3, -0.25) is 0 Å². The molecule has 0 radical (unpaired) electrons. The zero-order valence-corrected chi connectivity index (χ0v) is 8.44. The van der Waals surface area contributed by atoms with Gasteiger partial charge in [-0.2, -0.15) is 23.5 Å². The summed E-state index contributed by atoms with van der Waals surface area (Å²) < 4.78 is 38.6. The van der Waals surface area contributed by atoms with E-state index < -0.39 is 11.9 Å². The fourth-order valence-corrected chi connectivity index (χ4v) is 1.40. The maximum absolute atomic E-state index is 12.6. The summed E-state index contributed by atoms with van der Waals surface area (Å²) >= 11 is 0. The second kappa shape index (κ2) is 3.94. The molecule has 17 heavy (non-hydrogen) atoms. The largest absolute Gasteiger partial charge is 0.433 e. The Morgan fingerprint density at radius 2 is 1.76 bits per heavy atom. The lowest BCUT2D eigenvalue weighted by atomic mass is 10.2. The molecule has 1 aromatic carbocycles. The van der Waals surface area contributed by atoms with Crippen LogP contribution in [0.1, 0.15) is 11.3 Å². The molecular weight excluding hydrogens is 231 g/mol. The van der Waals surface area contributed by atoms with Crippen LogP contribution in [0.2, 0.25) is 0 Å². The number of alkyl halides is 3. The van der Waals surface area contributed by atoms with E-state index in [0.29, 0.717) is 5.56 Å². The van der Waals surface area contributed by atoms with E-state index in [9.17, 15) is 13.2 Å². The SMILES string of the molecule is N#Cc1ccc(-n2nccc2C(F)(F)F)cc1. The predicted molar refractivity (Wildman–Crippen MR) is 53.3 cm³/mol. The van der Waals surface area contributed by atoms with Gasteiger partial charge in [-0.15, -0.1) is 0 Å². The molecule has 0 aliphatic heterocycles. The molecule has 0 bridgehead atoms. The molecule has 3 nitrogen and oxygen atoms in total. The average Bonchev–Trinajstić information content (AvgIpc) is 2.78. The van der Waals surface area contributed by atoms with Crippen molar-refractivity contribution in [3.63, 3.8) is 0 Å². The Bertz CT molecular complexity index is 561. The summed E-state index contributed by atoms with van der Waals surface area (Å²) in [6.07, 6.45) is -3.37. The zero-order chi connectivity index (χ0) is 12.5. The highest BCUT2D eigenvalue weighted by Gasteiger charge is 2.35. The van der Waals surface area contributed by atoms with E-state index >= 15 is 0 Å². The lowest BCUT2D eigenvalue weighted by molar-refractivity contribution is -0.142. The minimum absolute atomic E-state index is 0.265. The molecule has 0 spiro atoms. The van der Waals surface area contributed by atoms with Gasteiger partial charge in [0.25, 0.3) is 0 Å². The van der Waals surface area contributed by atoms with E-state index in [-0.39, 0.29) is 5.69 Å². The number of nitrogens with zero attached hydrogens (tertiary/aromatic N) is 3. The summed E-state index contributed by atoms with van der Waals surface area (Å²) in [6, 6.07) is 8.51. The topological polar surface area (TPSA) is 41.6 Å². The Morgan fingerprint density at radius 3 is 2.29 bits per heavy atom. The van der Waals surface area contributed by atoms with Gasteiger partial charge in [0.2, 0.25) is 0 Å². The van der Waals surface area contributed by atoms with Crippen LogP contribution < -0.4 is 0 Å². The molecular formula is C11H6F3N3. The van der Waals surface area contributed by atoms with Crippen LogP contribution in [0.4, 0.5) is 13.2 Å². The third kappa shape index (κ3) is 2.13. The fourth-order valence-electron chi connectivity index (χ4n) is 1.40. The van der Waals surface area contributed by atoms with Gasteiger partial charge >= 0.3 is 6.18 Å². The second-order valence-corrected chi connectivity index (χ2v) is 3.28. The third-order valence-electron chi connectivity index (χ3n) is 2.17. The summed E-state index contributed by atoms with van der Waals surface area (Å²) in [6.45, 7) is 0. The number of hydrogen-bond acceptors (Lipinski definition) is 2. The molecule has 0 saturated heterocycles. The number of hydrogen-bond donors (Lipinski definition) is 0. The van der Waals surface area contributed by atoms with E-state index in [1.165, 1.54) is 24.3 Å². The summed E-state index contributed by atoms with van der Waals surface area (Å²) in [5.74, 6) is 0. The van der Waals surface area contributed by atoms with Gasteiger partial charge in [-0.05, 0) is 30.3 Å². The number of nitriles is 1. The maximum atomic E-state index is 12.6. The van der Waals surface area contributed by atoms with Crippen LogP contribution in [0.15, 0.2) is 36.5 Å². The molecule has 0 saturated carbocycles. The molecule has 1 heterocycles. The standard InChI is InChI=1S/C11H6F3N3/c12-11(13,14)10-5-6-16-17(10)9-3-1-8(7-15)2-4-9/h1-6H. The molecule has 6 heteroatoms. The number of aromatic nitrogens is 2. The molecule has 86 valence electrons. The van der Waals surface area contributed by atoms with Crippen LogP contribution in [0.25, 0.3) is 5.69 Å². The van der Waals surface area contributed by atoms with Crippen molar-refractivity contribution < 1.29 is 13.2 Å². The highest BCUT2D eigenvalue weighted by atomic mass is 19.4. The highest BCUT2D eigenvalue weighted by Crippen LogP contribution is 2.30. The normalized spacial score (nSPS) is 11.2. The minimum Gasteiger partial charge on any atom is -0.229 e. The van der Waals surface area contributed by atoms with E-state index in [1.54, 1.807) is 0 Å². The lowest BCUT2D eigenvalue weighted by Crippen LogP contribution is -2.13. The van der Waals surface area contributed by atoms with Gasteiger partial charge in [0, 0.05) is 0 Å². The number of rotatable bonds is 1. The Kier molecular flexibility index (Phi) is 2.60. The first-order chi connectivity index (χ1) is 8.02. The maximum Gasteiger partial charge on any atom is 0.433 e. The van der Waals surface area contributed by atoms with Crippen LogP contribution in [0.3, 0.4) is 0 Å². The molecule has 2 aromatic rings. The lowest BCUT2D eigenvalue weighted by Gasteiger charge is -2.09. The highest BCUT2D eigenvalue weighted by molar-refractivity contribution is 5.40. The van der Waals surface area contributed by atoms with Crippen molar-refractivity contribution in [3.05, 3.63) is 47.8 Å². The van der Waals surface area contributed by atoms with Gasteiger partial charge in [0.1, 0.15) is 5.69 Å². The summed E-state index contributed by atoms with van der Waals surface area (Å²) in [5.41, 5.74) is -0.196. The second-order valence-electron chi connectivity index (χ2n) is 3.28. The van der Waals surface area contributed by atoms with Crippen molar-refractivity contribution in [2.45, 2.75) is 6.18 Å². The Morgan fingerprint density at radius 1 is 1.12 bits per heavy atom. The minimum atomic E-state index is -4.45. The van der Waals surface area contributed by atoms with E-state index in [2.05, 4.69) is 5.10 Å². The third-order valence-corrected chi connectivity index (χ3v) is 2.17. The molecule has 1 aromatic heterocycles. The molecule has 0 amide bonds. The average molecular weight is 237 g/mol. The number of benzene rings is 1. The number of halogens is 3. The quantitative estimate of drug-likeness (QED) is 0.765.